The Morgan fingerprint density at radius 3 is 2.67 bits per heavy atom. The molecular weight excluding hydrogens is 306 g/mol. The topological polar surface area (TPSA) is 64.1 Å². The molecule has 0 saturated heterocycles. The number of rotatable bonds is 11. The van der Waals surface area contributed by atoms with Crippen LogP contribution in [0.5, 0.6) is 5.75 Å². The van der Waals surface area contributed by atoms with Crippen molar-refractivity contribution >= 4 is 5.96 Å². The number of aliphatic imine (C=N–C) groups is 1. The zero-order valence-corrected chi connectivity index (χ0v) is 15.4. The van der Waals surface area contributed by atoms with Crippen LogP contribution >= 0.6 is 0 Å². The number of guanidine groups is 1. The summed E-state index contributed by atoms with van der Waals surface area (Å²) < 4.78 is 15.8. The first-order valence-corrected chi connectivity index (χ1v) is 8.43. The maximum Gasteiger partial charge on any atom is 0.191 e. The van der Waals surface area contributed by atoms with Crippen molar-refractivity contribution in [3.8, 4) is 5.75 Å². The minimum atomic E-state index is 0.589. The standard InChI is InChI=1S/C18H31N3O3/c1-5-19-18(21-10-11-24-13-12-22-3)20-9-8-16-14-15(2)6-7-17(16)23-4/h6-7,14H,5,8-13H2,1-4H3,(H2,19,20,21). The van der Waals surface area contributed by atoms with Gasteiger partial charge in [-0.05, 0) is 31.9 Å². The molecule has 6 nitrogen and oxygen atoms in total. The van der Waals surface area contributed by atoms with Crippen LogP contribution in [0.1, 0.15) is 18.1 Å². The fourth-order valence-electron chi connectivity index (χ4n) is 2.23. The molecule has 0 saturated carbocycles. The van der Waals surface area contributed by atoms with Crippen molar-refractivity contribution in [1.82, 2.24) is 10.6 Å². The fourth-order valence-corrected chi connectivity index (χ4v) is 2.23. The molecule has 136 valence electrons. The Hall–Kier alpha value is -1.79. The molecule has 24 heavy (non-hydrogen) atoms. The van der Waals surface area contributed by atoms with Gasteiger partial charge in [-0.1, -0.05) is 17.7 Å². The van der Waals surface area contributed by atoms with Gasteiger partial charge < -0.3 is 24.8 Å². The molecule has 0 unspecified atom stereocenters. The normalized spacial score (nSPS) is 11.4. The van der Waals surface area contributed by atoms with Gasteiger partial charge in [0.2, 0.25) is 0 Å². The van der Waals surface area contributed by atoms with Crippen LogP contribution < -0.4 is 15.4 Å². The molecule has 0 heterocycles. The third kappa shape index (κ3) is 8.17. The molecule has 1 aromatic carbocycles. The zero-order chi connectivity index (χ0) is 17.6. The number of aryl methyl sites for hydroxylation is 1. The molecule has 0 aliphatic carbocycles. The largest absolute Gasteiger partial charge is 0.496 e. The van der Waals surface area contributed by atoms with E-state index in [1.165, 1.54) is 11.1 Å². The van der Waals surface area contributed by atoms with Crippen LogP contribution in [-0.4, -0.2) is 59.6 Å². The van der Waals surface area contributed by atoms with Crippen molar-refractivity contribution in [3.05, 3.63) is 29.3 Å². The Morgan fingerprint density at radius 2 is 1.96 bits per heavy atom. The van der Waals surface area contributed by atoms with Gasteiger partial charge >= 0.3 is 0 Å². The van der Waals surface area contributed by atoms with E-state index in [1.807, 2.05) is 6.07 Å². The van der Waals surface area contributed by atoms with Gasteiger partial charge in [0.05, 0.1) is 33.5 Å². The summed E-state index contributed by atoms with van der Waals surface area (Å²) in [6, 6.07) is 6.24. The monoisotopic (exact) mass is 337 g/mol. The lowest BCUT2D eigenvalue weighted by molar-refractivity contribution is 0.0748. The Morgan fingerprint density at radius 1 is 1.12 bits per heavy atom. The third-order valence-corrected chi connectivity index (χ3v) is 3.40. The van der Waals surface area contributed by atoms with Crippen LogP contribution in [0.15, 0.2) is 23.2 Å². The average molecular weight is 337 g/mol. The molecule has 0 fully saturated rings. The second kappa shape index (κ2) is 12.6. The predicted octanol–water partition coefficient (Wildman–Crippen LogP) is 1.76. The van der Waals surface area contributed by atoms with E-state index in [0.717, 1.165) is 31.2 Å². The Kier molecular flexibility index (Phi) is 10.6. The lowest BCUT2D eigenvalue weighted by Crippen LogP contribution is -2.38. The highest BCUT2D eigenvalue weighted by atomic mass is 16.5. The molecule has 2 N–H and O–H groups in total. The summed E-state index contributed by atoms with van der Waals surface area (Å²) in [6.07, 6.45) is 0.875. The Labute approximate surface area is 145 Å². The quantitative estimate of drug-likeness (QED) is 0.366. The summed E-state index contributed by atoms with van der Waals surface area (Å²) in [5.74, 6) is 1.73. The van der Waals surface area contributed by atoms with Gasteiger partial charge in [-0.3, -0.25) is 4.99 Å². The SMILES string of the molecule is CCNC(=NCCOCCOC)NCCc1cc(C)ccc1OC. The van der Waals surface area contributed by atoms with Crippen molar-refractivity contribution < 1.29 is 14.2 Å². The number of hydrogen-bond donors (Lipinski definition) is 2. The van der Waals surface area contributed by atoms with Crippen LogP contribution in [-0.2, 0) is 15.9 Å². The van der Waals surface area contributed by atoms with Crippen molar-refractivity contribution in [2.75, 3.05) is 53.7 Å². The molecule has 0 radical (unpaired) electrons. The Balaban J connectivity index is 2.41. The van der Waals surface area contributed by atoms with Gasteiger partial charge in [-0.15, -0.1) is 0 Å². The third-order valence-electron chi connectivity index (χ3n) is 3.40. The molecule has 0 aliphatic heterocycles. The van der Waals surface area contributed by atoms with Gasteiger partial charge in [0.1, 0.15) is 5.75 Å². The lowest BCUT2D eigenvalue weighted by atomic mass is 10.1. The van der Waals surface area contributed by atoms with Crippen LogP contribution in [0.3, 0.4) is 0 Å². The zero-order valence-electron chi connectivity index (χ0n) is 15.4. The second-order valence-electron chi connectivity index (χ2n) is 5.36. The summed E-state index contributed by atoms with van der Waals surface area (Å²) >= 11 is 0. The van der Waals surface area contributed by atoms with E-state index in [2.05, 4.69) is 41.6 Å². The first-order valence-electron chi connectivity index (χ1n) is 8.43. The number of methoxy groups -OCH3 is 2. The van der Waals surface area contributed by atoms with Gasteiger partial charge in [-0.25, -0.2) is 0 Å². The highest BCUT2D eigenvalue weighted by Crippen LogP contribution is 2.19. The van der Waals surface area contributed by atoms with Crippen LogP contribution in [0.25, 0.3) is 0 Å². The van der Waals surface area contributed by atoms with E-state index in [1.54, 1.807) is 14.2 Å². The van der Waals surface area contributed by atoms with E-state index in [0.29, 0.717) is 26.4 Å². The summed E-state index contributed by atoms with van der Waals surface area (Å²) in [4.78, 5) is 4.50. The number of ether oxygens (including phenoxy) is 3. The van der Waals surface area contributed by atoms with Crippen molar-refractivity contribution in [1.29, 1.82) is 0 Å². The molecule has 1 rings (SSSR count). The minimum Gasteiger partial charge on any atom is -0.496 e. The maximum atomic E-state index is 5.42. The lowest BCUT2D eigenvalue weighted by Gasteiger charge is -2.13. The summed E-state index contributed by atoms with van der Waals surface area (Å²) in [5.41, 5.74) is 2.43. The first kappa shape index (κ1) is 20.3. The van der Waals surface area contributed by atoms with E-state index >= 15 is 0 Å². The minimum absolute atomic E-state index is 0.589. The first-order chi connectivity index (χ1) is 11.7. The van der Waals surface area contributed by atoms with E-state index in [4.69, 9.17) is 14.2 Å². The molecule has 0 aromatic heterocycles. The van der Waals surface area contributed by atoms with Crippen molar-refractivity contribution in [2.45, 2.75) is 20.3 Å². The Bertz CT molecular complexity index is 492. The van der Waals surface area contributed by atoms with Crippen LogP contribution in [0, 0.1) is 6.92 Å². The summed E-state index contributed by atoms with van der Waals surface area (Å²) in [7, 11) is 3.37. The van der Waals surface area contributed by atoms with Crippen molar-refractivity contribution in [3.63, 3.8) is 0 Å². The predicted molar refractivity (Wildman–Crippen MR) is 98.1 cm³/mol. The molecule has 0 aliphatic rings. The summed E-state index contributed by atoms with van der Waals surface area (Å²) in [5, 5.41) is 6.58. The molecule has 0 atom stereocenters. The molecule has 0 spiro atoms. The summed E-state index contributed by atoms with van der Waals surface area (Å²) in [6.45, 7) is 8.17. The van der Waals surface area contributed by atoms with Gasteiger partial charge in [0.15, 0.2) is 5.96 Å². The number of hydrogen-bond acceptors (Lipinski definition) is 4. The van der Waals surface area contributed by atoms with E-state index in [-0.39, 0.29) is 0 Å². The second-order valence-corrected chi connectivity index (χ2v) is 5.36. The highest BCUT2D eigenvalue weighted by molar-refractivity contribution is 5.79. The fraction of sp³-hybridized carbons (Fsp3) is 0.611. The van der Waals surface area contributed by atoms with E-state index < -0.39 is 0 Å². The smallest absolute Gasteiger partial charge is 0.191 e. The highest BCUT2D eigenvalue weighted by Gasteiger charge is 2.04. The van der Waals surface area contributed by atoms with Gasteiger partial charge in [0, 0.05) is 20.2 Å². The average Bonchev–Trinajstić information content (AvgIpc) is 2.58. The van der Waals surface area contributed by atoms with Crippen LogP contribution in [0.4, 0.5) is 0 Å². The van der Waals surface area contributed by atoms with Crippen molar-refractivity contribution in [2.24, 2.45) is 4.99 Å². The number of nitrogens with zero attached hydrogens (tertiary/aromatic N) is 1. The molecule has 1 aromatic rings. The molecule has 0 bridgehead atoms. The number of benzene rings is 1. The number of nitrogens with one attached hydrogen (secondary N) is 2. The molecular formula is C18H31N3O3. The van der Waals surface area contributed by atoms with Crippen LogP contribution in [0.2, 0.25) is 0 Å². The van der Waals surface area contributed by atoms with Gasteiger partial charge in [-0.2, -0.15) is 0 Å². The molecule has 0 amide bonds. The molecule has 6 heteroatoms. The van der Waals surface area contributed by atoms with E-state index in [9.17, 15) is 0 Å². The maximum absolute atomic E-state index is 5.42. The van der Waals surface area contributed by atoms with Gasteiger partial charge in [0.25, 0.3) is 0 Å².